The lowest BCUT2D eigenvalue weighted by Crippen LogP contribution is -2.47. The number of likely N-dealkylation sites (tertiary alicyclic amines) is 1. The molecule has 0 atom stereocenters. The van der Waals surface area contributed by atoms with Crippen molar-refractivity contribution in [1.29, 1.82) is 0 Å². The fourth-order valence-electron chi connectivity index (χ4n) is 5.01. The van der Waals surface area contributed by atoms with E-state index in [2.05, 4.69) is 33.0 Å². The van der Waals surface area contributed by atoms with Crippen LogP contribution in [0.25, 0.3) is 5.57 Å². The summed E-state index contributed by atoms with van der Waals surface area (Å²) in [6, 6.07) is 16.1. The minimum Gasteiger partial charge on any atom is -0.444 e. The van der Waals surface area contributed by atoms with Crippen LogP contribution in [-0.2, 0) is 16.0 Å². The molecule has 238 valence electrons. The van der Waals surface area contributed by atoms with Crippen LogP contribution in [0.4, 0.5) is 4.79 Å². The van der Waals surface area contributed by atoms with Crippen LogP contribution in [0.1, 0.15) is 121 Å². The van der Waals surface area contributed by atoms with Crippen LogP contribution in [-0.4, -0.2) is 47.9 Å². The zero-order chi connectivity index (χ0) is 32.4. The number of aryl methyl sites for hydroxylation is 2. The standard InChI is InChI=1S/C26H40N2O3.C9H10O.C2H6/c1-8-10-18(3)22(9-2)23-17-20(12-11-19(23)4)24(29)27-21-13-15-28(16-14-21)25(30)31-26(5,6)7;10-8-4-7-9-5-2-1-3-6-9;1-2/h11-12,17,21H,8-10,13-16H2,1-7H3,(H,27,29);1-3,5-6,8H,4,7H2;1-2H3/b22-18+;;. The summed E-state index contributed by atoms with van der Waals surface area (Å²) in [4.78, 5) is 36.9. The number of aldehydes is 1. The zero-order valence-corrected chi connectivity index (χ0v) is 28.2. The molecule has 1 aliphatic rings. The van der Waals surface area contributed by atoms with E-state index in [1.165, 1.54) is 27.8 Å². The van der Waals surface area contributed by atoms with E-state index in [-0.39, 0.29) is 18.0 Å². The monoisotopic (exact) mass is 592 g/mol. The Morgan fingerprint density at radius 2 is 1.65 bits per heavy atom. The van der Waals surface area contributed by atoms with Gasteiger partial charge < -0.3 is 19.7 Å². The van der Waals surface area contributed by atoms with Gasteiger partial charge in [0, 0.05) is 31.1 Å². The van der Waals surface area contributed by atoms with Gasteiger partial charge in [0.25, 0.3) is 5.91 Å². The fourth-order valence-corrected chi connectivity index (χ4v) is 5.01. The van der Waals surface area contributed by atoms with Crippen LogP contribution in [0.15, 0.2) is 54.1 Å². The number of hydrogen-bond acceptors (Lipinski definition) is 4. The molecule has 0 aliphatic carbocycles. The Labute approximate surface area is 261 Å². The first-order chi connectivity index (χ1) is 20.5. The van der Waals surface area contributed by atoms with Crippen LogP contribution in [0.2, 0.25) is 0 Å². The molecule has 1 fully saturated rings. The van der Waals surface area contributed by atoms with Gasteiger partial charge in [0.1, 0.15) is 11.9 Å². The smallest absolute Gasteiger partial charge is 0.410 e. The first kappa shape index (κ1) is 37.6. The summed E-state index contributed by atoms with van der Waals surface area (Å²) < 4.78 is 5.45. The minimum absolute atomic E-state index is 0.0411. The second-order valence-electron chi connectivity index (χ2n) is 11.8. The topological polar surface area (TPSA) is 75.7 Å². The van der Waals surface area contributed by atoms with E-state index < -0.39 is 5.60 Å². The first-order valence-corrected chi connectivity index (χ1v) is 16.0. The number of carbonyl (C=O) groups is 3. The highest BCUT2D eigenvalue weighted by molar-refractivity contribution is 5.95. The molecule has 0 unspecified atom stereocenters. The maximum Gasteiger partial charge on any atom is 0.410 e. The summed E-state index contributed by atoms with van der Waals surface area (Å²) in [7, 11) is 0. The number of hydrogen-bond donors (Lipinski definition) is 1. The number of nitrogens with one attached hydrogen (secondary N) is 1. The number of ether oxygens (including phenoxy) is 1. The molecule has 2 amide bonds. The van der Waals surface area contributed by atoms with E-state index in [0.717, 1.165) is 44.8 Å². The van der Waals surface area contributed by atoms with Gasteiger partial charge in [0.15, 0.2) is 0 Å². The van der Waals surface area contributed by atoms with E-state index >= 15 is 0 Å². The fraction of sp³-hybridized carbons (Fsp3) is 0.541. The molecule has 3 rings (SSSR count). The molecule has 1 heterocycles. The van der Waals surface area contributed by atoms with E-state index in [0.29, 0.717) is 25.1 Å². The van der Waals surface area contributed by atoms with E-state index in [9.17, 15) is 14.4 Å². The highest BCUT2D eigenvalue weighted by Gasteiger charge is 2.27. The molecule has 0 bridgehead atoms. The van der Waals surface area contributed by atoms with Gasteiger partial charge in [-0.05, 0) is 101 Å². The molecule has 2 aromatic rings. The molecule has 2 aromatic carbocycles. The minimum atomic E-state index is -0.493. The summed E-state index contributed by atoms with van der Waals surface area (Å²) in [5.74, 6) is -0.0411. The average Bonchev–Trinajstić information content (AvgIpc) is 2.99. The number of rotatable bonds is 9. The summed E-state index contributed by atoms with van der Waals surface area (Å²) in [5.41, 5.74) is 6.57. The van der Waals surface area contributed by atoms with Crippen LogP contribution >= 0.6 is 0 Å². The van der Waals surface area contributed by atoms with E-state index in [1.54, 1.807) is 4.90 Å². The molecule has 6 nitrogen and oxygen atoms in total. The molecule has 1 saturated heterocycles. The second-order valence-corrected chi connectivity index (χ2v) is 11.8. The zero-order valence-electron chi connectivity index (χ0n) is 28.2. The molecule has 0 radical (unpaired) electrons. The van der Waals surface area contributed by atoms with Gasteiger partial charge in [0.05, 0.1) is 0 Å². The third-order valence-electron chi connectivity index (χ3n) is 7.19. The highest BCUT2D eigenvalue weighted by atomic mass is 16.6. The van der Waals surface area contributed by atoms with Crippen LogP contribution < -0.4 is 5.32 Å². The Balaban J connectivity index is 0.000000644. The largest absolute Gasteiger partial charge is 0.444 e. The predicted octanol–water partition coefficient (Wildman–Crippen LogP) is 8.95. The Morgan fingerprint density at radius 3 is 2.19 bits per heavy atom. The van der Waals surface area contributed by atoms with E-state index in [4.69, 9.17) is 4.74 Å². The van der Waals surface area contributed by atoms with Crippen molar-refractivity contribution in [1.82, 2.24) is 10.2 Å². The molecular weight excluding hydrogens is 536 g/mol. The summed E-state index contributed by atoms with van der Waals surface area (Å²) in [6.45, 7) is 19.5. The van der Waals surface area contributed by atoms with Crippen molar-refractivity contribution >= 4 is 23.9 Å². The lowest BCUT2D eigenvalue weighted by atomic mass is 9.91. The van der Waals surface area contributed by atoms with Crippen molar-refractivity contribution in [2.24, 2.45) is 0 Å². The second kappa shape index (κ2) is 19.7. The highest BCUT2D eigenvalue weighted by Crippen LogP contribution is 2.28. The Bertz CT molecular complexity index is 1160. The van der Waals surface area contributed by atoms with Gasteiger partial charge in [-0.15, -0.1) is 0 Å². The summed E-state index contributed by atoms with van der Waals surface area (Å²) in [5, 5.41) is 3.17. The number of amides is 2. The van der Waals surface area contributed by atoms with E-state index in [1.807, 2.05) is 83.1 Å². The van der Waals surface area contributed by atoms with Gasteiger partial charge in [-0.25, -0.2) is 4.79 Å². The van der Waals surface area contributed by atoms with Gasteiger partial charge in [-0.2, -0.15) is 0 Å². The number of benzene rings is 2. The third-order valence-corrected chi connectivity index (χ3v) is 7.19. The average molecular weight is 593 g/mol. The number of allylic oxidation sites excluding steroid dienone is 2. The van der Waals surface area contributed by atoms with Crippen molar-refractivity contribution in [2.75, 3.05) is 13.1 Å². The Kier molecular flexibility index (Phi) is 17.2. The van der Waals surface area contributed by atoms with Gasteiger partial charge >= 0.3 is 6.09 Å². The molecule has 1 N–H and O–H groups in total. The van der Waals surface area contributed by atoms with Crippen molar-refractivity contribution in [3.05, 3.63) is 76.4 Å². The number of carbonyl (C=O) groups excluding carboxylic acids is 3. The van der Waals surface area contributed by atoms with Gasteiger partial charge in [0.2, 0.25) is 0 Å². The third kappa shape index (κ3) is 13.6. The van der Waals surface area contributed by atoms with Crippen LogP contribution in [0.5, 0.6) is 0 Å². The quantitative estimate of drug-likeness (QED) is 0.295. The first-order valence-electron chi connectivity index (χ1n) is 16.0. The number of nitrogens with zero attached hydrogens (tertiary/aromatic N) is 1. The molecule has 43 heavy (non-hydrogen) atoms. The maximum atomic E-state index is 13.0. The molecule has 6 heteroatoms. The Hall–Kier alpha value is -3.41. The SMILES string of the molecule is CC.CCC/C(C)=C(\CC)c1cc(C(=O)NC2CCN(C(=O)OC(C)(C)C)CC2)ccc1C.O=CCCc1ccccc1. The number of piperidine rings is 1. The van der Waals surface area contributed by atoms with Crippen LogP contribution in [0, 0.1) is 6.92 Å². The van der Waals surface area contributed by atoms with Gasteiger partial charge in [-0.3, -0.25) is 4.79 Å². The lowest BCUT2D eigenvalue weighted by Gasteiger charge is -2.33. The van der Waals surface area contributed by atoms with Crippen molar-refractivity contribution in [2.45, 2.75) is 119 Å². The van der Waals surface area contributed by atoms with Gasteiger partial charge in [-0.1, -0.05) is 76.1 Å². The molecular formula is C37H56N2O4. The van der Waals surface area contributed by atoms with Crippen LogP contribution in [0.3, 0.4) is 0 Å². The summed E-state index contributed by atoms with van der Waals surface area (Å²) in [6.07, 6.45) is 6.80. The lowest BCUT2D eigenvalue weighted by molar-refractivity contribution is -0.107. The molecule has 1 aliphatic heterocycles. The normalized spacial score (nSPS) is 13.8. The molecule has 0 saturated carbocycles. The van der Waals surface area contributed by atoms with Crippen molar-refractivity contribution in [3.8, 4) is 0 Å². The summed E-state index contributed by atoms with van der Waals surface area (Å²) >= 11 is 0. The Morgan fingerprint density at radius 1 is 1.02 bits per heavy atom. The molecule has 0 aromatic heterocycles. The predicted molar refractivity (Wildman–Crippen MR) is 179 cm³/mol. The maximum absolute atomic E-state index is 13.0. The molecule has 0 spiro atoms. The van der Waals surface area contributed by atoms with Crippen molar-refractivity contribution in [3.63, 3.8) is 0 Å². The van der Waals surface area contributed by atoms with Crippen molar-refractivity contribution < 1.29 is 19.1 Å².